The summed E-state index contributed by atoms with van der Waals surface area (Å²) in [5.74, 6) is -5.92. The largest absolute Gasteiger partial charge is 0.496 e. The summed E-state index contributed by atoms with van der Waals surface area (Å²) < 4.78 is 44.4. The monoisotopic (exact) mass is 326 g/mol. The minimum absolute atomic E-state index is 0.175. The van der Waals surface area contributed by atoms with Crippen LogP contribution < -0.4 is 10.1 Å². The molecule has 0 unspecified atom stereocenters. The first-order valence-corrected chi connectivity index (χ1v) is 6.12. The van der Waals surface area contributed by atoms with Crippen molar-refractivity contribution >= 4 is 17.3 Å². The Labute approximate surface area is 127 Å². The first kappa shape index (κ1) is 16.3. The molecule has 23 heavy (non-hydrogen) atoms. The van der Waals surface area contributed by atoms with E-state index in [2.05, 4.69) is 5.32 Å². The topological polar surface area (TPSA) is 81.5 Å². The Morgan fingerprint density at radius 3 is 2.48 bits per heavy atom. The highest BCUT2D eigenvalue weighted by molar-refractivity contribution is 6.05. The van der Waals surface area contributed by atoms with Gasteiger partial charge >= 0.3 is 0 Å². The third kappa shape index (κ3) is 3.23. The van der Waals surface area contributed by atoms with Gasteiger partial charge in [0.1, 0.15) is 11.4 Å². The molecule has 0 fully saturated rings. The number of carbonyl (C=O) groups is 1. The Morgan fingerprint density at radius 1 is 1.17 bits per heavy atom. The molecule has 2 rings (SSSR count). The highest BCUT2D eigenvalue weighted by atomic mass is 19.2. The lowest BCUT2D eigenvalue weighted by Crippen LogP contribution is -2.16. The average Bonchev–Trinajstić information content (AvgIpc) is 2.52. The fourth-order valence-electron chi connectivity index (χ4n) is 1.79. The van der Waals surface area contributed by atoms with Gasteiger partial charge in [-0.2, -0.15) is 0 Å². The molecule has 0 saturated carbocycles. The normalized spacial score (nSPS) is 10.3. The number of methoxy groups -OCH3 is 1. The van der Waals surface area contributed by atoms with Crippen LogP contribution in [0, 0.1) is 27.6 Å². The minimum Gasteiger partial charge on any atom is -0.496 e. The number of hydrogen-bond acceptors (Lipinski definition) is 4. The fraction of sp³-hybridized carbons (Fsp3) is 0.0714. The van der Waals surface area contributed by atoms with Gasteiger partial charge in [-0.15, -0.1) is 0 Å². The van der Waals surface area contributed by atoms with Gasteiger partial charge in [0, 0.05) is 0 Å². The van der Waals surface area contributed by atoms with Gasteiger partial charge in [-0.25, -0.2) is 13.2 Å². The third-order valence-electron chi connectivity index (χ3n) is 2.93. The summed E-state index contributed by atoms with van der Waals surface area (Å²) in [6, 6.07) is 4.88. The Hall–Kier alpha value is -3.10. The predicted molar refractivity (Wildman–Crippen MR) is 73.9 cm³/mol. The van der Waals surface area contributed by atoms with Crippen LogP contribution in [0.3, 0.4) is 0 Å². The molecular formula is C14H9F3N2O4. The SMILES string of the molecule is COc1ccc(NC(=O)c2ccc(F)c(F)c2F)c([N+](=O)[O-])c1. The smallest absolute Gasteiger partial charge is 0.296 e. The van der Waals surface area contributed by atoms with Crippen molar-refractivity contribution in [1.29, 1.82) is 0 Å². The number of nitrogens with zero attached hydrogens (tertiary/aromatic N) is 1. The molecule has 6 nitrogen and oxygen atoms in total. The molecule has 2 aromatic carbocycles. The van der Waals surface area contributed by atoms with Crippen molar-refractivity contribution in [3.05, 3.63) is 63.5 Å². The molecule has 0 heterocycles. The van der Waals surface area contributed by atoms with Crippen LogP contribution >= 0.6 is 0 Å². The van der Waals surface area contributed by atoms with E-state index in [0.717, 1.165) is 12.1 Å². The number of halogens is 3. The molecule has 0 saturated heterocycles. The fourth-order valence-corrected chi connectivity index (χ4v) is 1.79. The third-order valence-corrected chi connectivity index (χ3v) is 2.93. The van der Waals surface area contributed by atoms with Crippen LogP contribution in [-0.2, 0) is 0 Å². The van der Waals surface area contributed by atoms with E-state index in [9.17, 15) is 28.1 Å². The number of nitrogens with one attached hydrogen (secondary N) is 1. The van der Waals surface area contributed by atoms with E-state index >= 15 is 0 Å². The molecule has 9 heteroatoms. The molecule has 0 aliphatic heterocycles. The number of nitro groups is 1. The number of benzene rings is 2. The quantitative estimate of drug-likeness (QED) is 0.531. The lowest BCUT2D eigenvalue weighted by atomic mass is 10.1. The van der Waals surface area contributed by atoms with Crippen LogP contribution in [0.15, 0.2) is 30.3 Å². The van der Waals surface area contributed by atoms with Crippen molar-refractivity contribution in [3.63, 3.8) is 0 Å². The molecule has 120 valence electrons. The summed E-state index contributed by atoms with van der Waals surface area (Å²) in [4.78, 5) is 22.1. The molecule has 0 aliphatic carbocycles. The zero-order chi connectivity index (χ0) is 17.1. The van der Waals surface area contributed by atoms with Crippen molar-refractivity contribution < 1.29 is 27.6 Å². The zero-order valence-electron chi connectivity index (χ0n) is 11.6. The average molecular weight is 326 g/mol. The van der Waals surface area contributed by atoms with E-state index in [4.69, 9.17) is 4.74 Å². The Bertz CT molecular complexity index is 796. The van der Waals surface area contributed by atoms with Gasteiger partial charge in [-0.1, -0.05) is 0 Å². The first-order valence-electron chi connectivity index (χ1n) is 6.12. The second kappa shape index (κ2) is 6.34. The van der Waals surface area contributed by atoms with Crippen LogP contribution in [0.4, 0.5) is 24.5 Å². The lowest BCUT2D eigenvalue weighted by molar-refractivity contribution is -0.384. The van der Waals surface area contributed by atoms with E-state index in [-0.39, 0.29) is 11.4 Å². The highest BCUT2D eigenvalue weighted by Crippen LogP contribution is 2.29. The standard InChI is InChI=1S/C14H9F3N2O4/c1-23-7-2-5-10(11(6-7)19(21)22)18-14(20)8-3-4-9(15)13(17)12(8)16/h2-6H,1H3,(H,18,20). The molecule has 1 amide bonds. The van der Waals surface area contributed by atoms with E-state index in [1.807, 2.05) is 0 Å². The van der Waals surface area contributed by atoms with Gasteiger partial charge in [0.2, 0.25) is 0 Å². The number of anilines is 1. The molecule has 0 aliphatic rings. The van der Waals surface area contributed by atoms with Gasteiger partial charge in [-0.3, -0.25) is 14.9 Å². The van der Waals surface area contributed by atoms with Gasteiger partial charge in [0.25, 0.3) is 11.6 Å². The van der Waals surface area contributed by atoms with Crippen molar-refractivity contribution in [2.75, 3.05) is 12.4 Å². The van der Waals surface area contributed by atoms with Crippen LogP contribution in [0.5, 0.6) is 5.75 Å². The predicted octanol–water partition coefficient (Wildman–Crippen LogP) is 3.27. The summed E-state index contributed by atoms with van der Waals surface area (Å²) >= 11 is 0. The Kier molecular flexibility index (Phi) is 4.49. The summed E-state index contributed by atoms with van der Waals surface area (Å²) in [6.07, 6.45) is 0. The van der Waals surface area contributed by atoms with Gasteiger partial charge in [-0.05, 0) is 24.3 Å². The number of nitro benzene ring substituents is 1. The lowest BCUT2D eigenvalue weighted by Gasteiger charge is -2.08. The van der Waals surface area contributed by atoms with E-state index in [1.54, 1.807) is 0 Å². The molecule has 0 bridgehead atoms. The number of ether oxygens (including phenoxy) is 1. The minimum atomic E-state index is -1.80. The van der Waals surface area contributed by atoms with Gasteiger partial charge in [0.15, 0.2) is 17.5 Å². The number of rotatable bonds is 4. The summed E-state index contributed by atoms with van der Waals surface area (Å²) in [5, 5.41) is 13.1. The maximum absolute atomic E-state index is 13.6. The van der Waals surface area contributed by atoms with Crippen LogP contribution in [-0.4, -0.2) is 17.9 Å². The van der Waals surface area contributed by atoms with E-state index < -0.39 is 39.5 Å². The van der Waals surface area contributed by atoms with Crippen molar-refractivity contribution in [2.24, 2.45) is 0 Å². The summed E-state index contributed by atoms with van der Waals surface area (Å²) in [6.45, 7) is 0. The molecule has 0 radical (unpaired) electrons. The Morgan fingerprint density at radius 2 is 1.87 bits per heavy atom. The van der Waals surface area contributed by atoms with Gasteiger partial charge < -0.3 is 10.1 Å². The second-order valence-electron chi connectivity index (χ2n) is 4.32. The number of carbonyl (C=O) groups excluding carboxylic acids is 1. The summed E-state index contributed by atoms with van der Waals surface area (Å²) in [7, 11) is 1.30. The van der Waals surface area contributed by atoms with Crippen LogP contribution in [0.1, 0.15) is 10.4 Å². The maximum Gasteiger partial charge on any atom is 0.296 e. The van der Waals surface area contributed by atoms with E-state index in [0.29, 0.717) is 6.07 Å². The molecule has 0 spiro atoms. The molecule has 1 N–H and O–H groups in total. The molecular weight excluding hydrogens is 317 g/mol. The summed E-state index contributed by atoms with van der Waals surface area (Å²) in [5.41, 5.74) is -1.53. The van der Waals surface area contributed by atoms with Gasteiger partial charge in [0.05, 0.1) is 23.7 Å². The van der Waals surface area contributed by atoms with E-state index in [1.165, 1.54) is 19.2 Å². The molecule has 0 atom stereocenters. The second-order valence-corrected chi connectivity index (χ2v) is 4.32. The van der Waals surface area contributed by atoms with Crippen LogP contribution in [0.2, 0.25) is 0 Å². The first-order chi connectivity index (χ1) is 10.8. The molecule has 0 aromatic heterocycles. The maximum atomic E-state index is 13.6. The Balaban J connectivity index is 2.38. The number of hydrogen-bond donors (Lipinski definition) is 1. The number of amides is 1. The highest BCUT2D eigenvalue weighted by Gasteiger charge is 2.22. The van der Waals surface area contributed by atoms with Crippen molar-refractivity contribution in [1.82, 2.24) is 0 Å². The van der Waals surface area contributed by atoms with Crippen molar-refractivity contribution in [2.45, 2.75) is 0 Å². The van der Waals surface area contributed by atoms with Crippen LogP contribution in [0.25, 0.3) is 0 Å². The zero-order valence-corrected chi connectivity index (χ0v) is 11.6. The molecule has 2 aromatic rings. The van der Waals surface area contributed by atoms with Crippen molar-refractivity contribution in [3.8, 4) is 5.75 Å².